The second-order valence-electron chi connectivity index (χ2n) is 3.00. The van der Waals surface area contributed by atoms with Crippen LogP contribution in [0.1, 0.15) is 6.92 Å². The molecule has 1 aromatic carbocycles. The van der Waals surface area contributed by atoms with Gasteiger partial charge in [0, 0.05) is 5.41 Å². The normalized spacial score (nSPS) is 10.6. The molecule has 0 fully saturated rings. The van der Waals surface area contributed by atoms with Gasteiger partial charge >= 0.3 is 0 Å². The number of benzene rings is 1. The first-order chi connectivity index (χ1) is 8.24. The highest BCUT2D eigenvalue weighted by atomic mass is 32.2. The Kier molecular flexibility index (Phi) is 6.13. The van der Waals surface area contributed by atoms with E-state index in [1.165, 1.54) is 17.2 Å². The van der Waals surface area contributed by atoms with Crippen molar-refractivity contribution in [1.29, 1.82) is 0 Å². The van der Waals surface area contributed by atoms with Gasteiger partial charge in [0.1, 0.15) is 0 Å². The SMILES string of the molecule is CCON(CSC=C[N+](=O)[O-])c1ccccc1. The molecule has 0 heterocycles. The van der Waals surface area contributed by atoms with Gasteiger partial charge in [-0.15, -0.1) is 11.8 Å². The van der Waals surface area contributed by atoms with Crippen LogP contribution in [0.25, 0.3) is 0 Å². The predicted octanol–water partition coefficient (Wildman–Crippen LogP) is 2.88. The molecule has 92 valence electrons. The number of thioether (sulfide) groups is 1. The number of rotatable bonds is 7. The minimum Gasteiger partial charge on any atom is -0.273 e. The third-order valence-electron chi connectivity index (χ3n) is 1.80. The average Bonchev–Trinajstić information content (AvgIpc) is 2.34. The Hall–Kier alpha value is -1.53. The van der Waals surface area contributed by atoms with Crippen LogP contribution in [0.4, 0.5) is 5.69 Å². The van der Waals surface area contributed by atoms with E-state index in [0.717, 1.165) is 11.9 Å². The fourth-order valence-electron chi connectivity index (χ4n) is 1.14. The van der Waals surface area contributed by atoms with Gasteiger partial charge in [-0.1, -0.05) is 18.2 Å². The average molecular weight is 254 g/mol. The van der Waals surface area contributed by atoms with Crippen molar-refractivity contribution in [3.63, 3.8) is 0 Å². The number of nitrogens with zero attached hydrogens (tertiary/aromatic N) is 2. The van der Waals surface area contributed by atoms with Crippen LogP contribution in [0.15, 0.2) is 41.9 Å². The molecule has 17 heavy (non-hydrogen) atoms. The van der Waals surface area contributed by atoms with Crippen LogP contribution in [0.3, 0.4) is 0 Å². The molecule has 0 aromatic heterocycles. The Morgan fingerprint density at radius 3 is 2.76 bits per heavy atom. The number of anilines is 1. The van der Waals surface area contributed by atoms with E-state index >= 15 is 0 Å². The largest absolute Gasteiger partial charge is 0.273 e. The molecule has 0 aliphatic heterocycles. The highest BCUT2D eigenvalue weighted by Crippen LogP contribution is 2.17. The molecule has 0 aliphatic rings. The molecule has 0 saturated carbocycles. The molecule has 1 rings (SSSR count). The van der Waals surface area contributed by atoms with Crippen LogP contribution in [0.5, 0.6) is 0 Å². The summed E-state index contributed by atoms with van der Waals surface area (Å²) in [6.45, 7) is 2.45. The molecule has 0 aliphatic carbocycles. The molecule has 0 N–H and O–H groups in total. The van der Waals surface area contributed by atoms with Crippen LogP contribution < -0.4 is 5.06 Å². The van der Waals surface area contributed by atoms with E-state index < -0.39 is 4.92 Å². The highest BCUT2D eigenvalue weighted by molar-refractivity contribution is 8.02. The van der Waals surface area contributed by atoms with Gasteiger partial charge in [-0.05, 0) is 19.1 Å². The third kappa shape index (κ3) is 5.37. The lowest BCUT2D eigenvalue weighted by molar-refractivity contribution is -0.402. The Labute approximate surface area is 104 Å². The Bertz CT molecular complexity index is 370. The molecule has 6 heteroatoms. The van der Waals surface area contributed by atoms with Gasteiger partial charge in [0.15, 0.2) is 0 Å². The van der Waals surface area contributed by atoms with E-state index in [2.05, 4.69) is 0 Å². The van der Waals surface area contributed by atoms with Gasteiger partial charge in [-0.3, -0.25) is 15.0 Å². The minimum atomic E-state index is -0.486. The van der Waals surface area contributed by atoms with Crippen molar-refractivity contribution in [3.05, 3.63) is 52.1 Å². The molecule has 0 saturated heterocycles. The first kappa shape index (κ1) is 13.5. The zero-order valence-corrected chi connectivity index (χ0v) is 10.3. The van der Waals surface area contributed by atoms with Crippen LogP contribution in [-0.2, 0) is 4.84 Å². The lowest BCUT2D eigenvalue weighted by atomic mass is 10.3. The van der Waals surface area contributed by atoms with Gasteiger partial charge in [0.25, 0.3) is 0 Å². The Morgan fingerprint density at radius 2 is 2.18 bits per heavy atom. The number of para-hydroxylation sites is 1. The predicted molar refractivity (Wildman–Crippen MR) is 69.1 cm³/mol. The van der Waals surface area contributed by atoms with E-state index in [1.807, 2.05) is 37.3 Å². The zero-order chi connectivity index (χ0) is 12.5. The van der Waals surface area contributed by atoms with Gasteiger partial charge in [0.05, 0.1) is 23.1 Å². The summed E-state index contributed by atoms with van der Waals surface area (Å²) < 4.78 is 0. The summed E-state index contributed by atoms with van der Waals surface area (Å²) in [6, 6.07) is 9.60. The second kappa shape index (κ2) is 7.70. The first-order valence-corrected chi connectivity index (χ1v) is 6.16. The standard InChI is InChI=1S/C11H14N2O3S/c1-2-16-12(10-17-9-8-13(14)15)11-6-4-3-5-7-11/h3-9H,2,10H2,1H3. The van der Waals surface area contributed by atoms with Crippen molar-refractivity contribution >= 4 is 17.4 Å². The lowest BCUT2D eigenvalue weighted by Gasteiger charge is -2.21. The maximum atomic E-state index is 10.1. The molecule has 5 nitrogen and oxygen atoms in total. The quantitative estimate of drug-likeness (QED) is 0.425. The van der Waals surface area contributed by atoms with Crippen molar-refractivity contribution in [1.82, 2.24) is 0 Å². The maximum absolute atomic E-state index is 10.1. The van der Waals surface area contributed by atoms with Crippen molar-refractivity contribution < 1.29 is 9.76 Å². The zero-order valence-electron chi connectivity index (χ0n) is 9.48. The van der Waals surface area contributed by atoms with Gasteiger partial charge in [0.2, 0.25) is 6.20 Å². The number of hydroxylamine groups is 1. The summed E-state index contributed by atoms with van der Waals surface area (Å²) in [6.07, 6.45) is 0.916. The van der Waals surface area contributed by atoms with Gasteiger partial charge in [-0.2, -0.15) is 0 Å². The van der Waals surface area contributed by atoms with Crippen molar-refractivity contribution in [3.8, 4) is 0 Å². The van der Waals surface area contributed by atoms with Gasteiger partial charge in [-0.25, -0.2) is 5.06 Å². The topological polar surface area (TPSA) is 55.6 Å². The molecule has 0 amide bonds. The van der Waals surface area contributed by atoms with Crippen molar-refractivity contribution in [2.24, 2.45) is 0 Å². The van der Waals surface area contributed by atoms with Gasteiger partial charge < -0.3 is 0 Å². The molecule has 1 aromatic rings. The Morgan fingerprint density at radius 1 is 1.47 bits per heavy atom. The van der Waals surface area contributed by atoms with Crippen molar-refractivity contribution in [2.45, 2.75) is 6.92 Å². The van der Waals surface area contributed by atoms with E-state index in [9.17, 15) is 10.1 Å². The molecular formula is C11H14N2O3S. The Balaban J connectivity index is 2.52. The lowest BCUT2D eigenvalue weighted by Crippen LogP contribution is -2.22. The van der Waals surface area contributed by atoms with Crippen molar-refractivity contribution in [2.75, 3.05) is 17.5 Å². The fourth-order valence-corrected chi connectivity index (χ4v) is 1.77. The monoisotopic (exact) mass is 254 g/mol. The summed E-state index contributed by atoms with van der Waals surface area (Å²) in [5.74, 6) is 0.502. The fraction of sp³-hybridized carbons (Fsp3) is 0.273. The maximum Gasteiger partial charge on any atom is 0.240 e. The van der Waals surface area contributed by atoms with E-state index in [4.69, 9.17) is 4.84 Å². The molecular weight excluding hydrogens is 240 g/mol. The summed E-state index contributed by atoms with van der Waals surface area (Å²) >= 11 is 1.30. The summed E-state index contributed by atoms with van der Waals surface area (Å²) in [4.78, 5) is 15.1. The van der Waals surface area contributed by atoms with Crippen LogP contribution in [0, 0.1) is 10.1 Å². The molecule has 0 spiro atoms. The summed E-state index contributed by atoms with van der Waals surface area (Å²) in [7, 11) is 0. The van der Waals surface area contributed by atoms with Crippen LogP contribution in [-0.4, -0.2) is 17.4 Å². The number of nitro groups is 1. The minimum absolute atomic E-state index is 0.486. The molecule has 0 atom stereocenters. The number of hydrogen-bond donors (Lipinski definition) is 0. The van der Waals surface area contributed by atoms with E-state index in [0.29, 0.717) is 12.5 Å². The summed E-state index contributed by atoms with van der Waals surface area (Å²) in [5.41, 5.74) is 0.927. The summed E-state index contributed by atoms with van der Waals surface area (Å²) in [5, 5.41) is 13.2. The van der Waals surface area contributed by atoms with E-state index in [-0.39, 0.29) is 0 Å². The number of hydrogen-bond acceptors (Lipinski definition) is 5. The molecule has 0 unspecified atom stereocenters. The third-order valence-corrected chi connectivity index (χ3v) is 2.50. The smallest absolute Gasteiger partial charge is 0.240 e. The molecule has 0 bridgehead atoms. The second-order valence-corrected chi connectivity index (χ2v) is 3.86. The van der Waals surface area contributed by atoms with E-state index in [1.54, 1.807) is 5.06 Å². The highest BCUT2D eigenvalue weighted by Gasteiger charge is 2.04. The van der Waals surface area contributed by atoms with Crippen LogP contribution >= 0.6 is 11.8 Å². The van der Waals surface area contributed by atoms with Crippen LogP contribution in [0.2, 0.25) is 0 Å². The molecule has 0 radical (unpaired) electrons. The first-order valence-electron chi connectivity index (χ1n) is 5.11.